The van der Waals surface area contributed by atoms with Crippen molar-refractivity contribution >= 4 is 5.97 Å². The normalized spacial score (nSPS) is 25.2. The number of nitrogens with one attached hydrogen (secondary N) is 1. The van der Waals surface area contributed by atoms with Crippen LogP contribution in [0.3, 0.4) is 0 Å². The molecule has 0 spiro atoms. The van der Waals surface area contributed by atoms with Crippen molar-refractivity contribution in [2.75, 3.05) is 32.8 Å². The number of ether oxygens (including phenoxy) is 1. The molecule has 0 aromatic carbocycles. The SMILES string of the molecule is CCOC(=O)C1(NCC(F)(F)F)CCCN(CC)CC1. The molecule has 1 aliphatic heterocycles. The Morgan fingerprint density at radius 2 is 2.00 bits per heavy atom. The average molecular weight is 296 g/mol. The lowest BCUT2D eigenvalue weighted by atomic mass is 9.90. The van der Waals surface area contributed by atoms with E-state index in [1.165, 1.54) is 0 Å². The Labute approximate surface area is 117 Å². The first-order valence-corrected chi connectivity index (χ1v) is 7.04. The number of carbonyl (C=O) groups is 1. The Kier molecular flexibility index (Phi) is 6.26. The van der Waals surface area contributed by atoms with Crippen molar-refractivity contribution in [2.24, 2.45) is 0 Å². The summed E-state index contributed by atoms with van der Waals surface area (Å²) in [6.07, 6.45) is -2.94. The van der Waals surface area contributed by atoms with E-state index in [0.717, 1.165) is 13.1 Å². The summed E-state index contributed by atoms with van der Waals surface area (Å²) in [5.41, 5.74) is -1.21. The lowest BCUT2D eigenvalue weighted by Gasteiger charge is -2.32. The van der Waals surface area contributed by atoms with Crippen molar-refractivity contribution in [2.45, 2.75) is 44.8 Å². The molecule has 0 saturated carbocycles. The van der Waals surface area contributed by atoms with Crippen LogP contribution in [-0.2, 0) is 9.53 Å². The molecule has 0 bridgehead atoms. The maximum Gasteiger partial charge on any atom is 0.401 e. The van der Waals surface area contributed by atoms with Crippen LogP contribution in [0.15, 0.2) is 0 Å². The molecule has 1 saturated heterocycles. The Bertz CT molecular complexity index is 323. The zero-order chi connectivity index (χ0) is 15.2. The van der Waals surface area contributed by atoms with Crippen LogP contribution in [0.5, 0.6) is 0 Å². The van der Waals surface area contributed by atoms with Gasteiger partial charge >= 0.3 is 12.1 Å². The summed E-state index contributed by atoms with van der Waals surface area (Å²) in [6, 6.07) is 0. The summed E-state index contributed by atoms with van der Waals surface area (Å²) in [4.78, 5) is 14.2. The van der Waals surface area contributed by atoms with Crippen LogP contribution in [0.25, 0.3) is 0 Å². The van der Waals surface area contributed by atoms with E-state index in [1.807, 2.05) is 6.92 Å². The Morgan fingerprint density at radius 3 is 2.55 bits per heavy atom. The van der Waals surface area contributed by atoms with E-state index in [4.69, 9.17) is 4.74 Å². The van der Waals surface area contributed by atoms with E-state index in [0.29, 0.717) is 25.8 Å². The first kappa shape index (κ1) is 17.2. The van der Waals surface area contributed by atoms with Gasteiger partial charge < -0.3 is 9.64 Å². The van der Waals surface area contributed by atoms with Gasteiger partial charge in [-0.05, 0) is 39.3 Å². The summed E-state index contributed by atoms with van der Waals surface area (Å²) in [7, 11) is 0. The van der Waals surface area contributed by atoms with Crippen molar-refractivity contribution in [3.63, 3.8) is 0 Å². The van der Waals surface area contributed by atoms with E-state index in [-0.39, 0.29) is 6.61 Å². The molecule has 1 rings (SSSR count). The predicted molar refractivity (Wildman–Crippen MR) is 69.4 cm³/mol. The molecular weight excluding hydrogens is 273 g/mol. The van der Waals surface area contributed by atoms with Gasteiger partial charge in [0.1, 0.15) is 5.54 Å². The zero-order valence-electron chi connectivity index (χ0n) is 12.1. The molecule has 118 valence electrons. The van der Waals surface area contributed by atoms with Gasteiger partial charge in [-0.1, -0.05) is 6.92 Å². The number of alkyl halides is 3. The molecule has 0 radical (unpaired) electrons. The fourth-order valence-corrected chi connectivity index (χ4v) is 2.50. The molecule has 1 fully saturated rings. The highest BCUT2D eigenvalue weighted by atomic mass is 19.4. The van der Waals surface area contributed by atoms with Crippen LogP contribution in [0, 0.1) is 0 Å². The Hall–Kier alpha value is -0.820. The van der Waals surface area contributed by atoms with Gasteiger partial charge in [-0.3, -0.25) is 10.1 Å². The lowest BCUT2D eigenvalue weighted by molar-refractivity contribution is -0.156. The zero-order valence-corrected chi connectivity index (χ0v) is 12.1. The smallest absolute Gasteiger partial charge is 0.401 e. The molecule has 1 N–H and O–H groups in total. The Morgan fingerprint density at radius 1 is 1.30 bits per heavy atom. The van der Waals surface area contributed by atoms with Gasteiger partial charge in [-0.2, -0.15) is 13.2 Å². The van der Waals surface area contributed by atoms with E-state index in [2.05, 4.69) is 10.2 Å². The average Bonchev–Trinajstić information content (AvgIpc) is 2.59. The summed E-state index contributed by atoms with van der Waals surface area (Å²) < 4.78 is 42.3. The second kappa shape index (κ2) is 7.26. The third-order valence-electron chi connectivity index (χ3n) is 3.67. The number of likely N-dealkylation sites (tertiary alicyclic amines) is 1. The molecule has 0 aromatic rings. The van der Waals surface area contributed by atoms with Gasteiger partial charge in [0.05, 0.1) is 13.2 Å². The first-order valence-electron chi connectivity index (χ1n) is 7.04. The number of halogens is 3. The fraction of sp³-hybridized carbons (Fsp3) is 0.923. The second-order valence-electron chi connectivity index (χ2n) is 5.06. The molecule has 20 heavy (non-hydrogen) atoms. The van der Waals surface area contributed by atoms with Crippen LogP contribution < -0.4 is 5.32 Å². The lowest BCUT2D eigenvalue weighted by Crippen LogP contribution is -2.56. The number of hydrogen-bond acceptors (Lipinski definition) is 4. The highest BCUT2D eigenvalue weighted by Crippen LogP contribution is 2.26. The van der Waals surface area contributed by atoms with E-state index in [1.54, 1.807) is 6.92 Å². The Balaban J connectivity index is 2.80. The summed E-state index contributed by atoms with van der Waals surface area (Å²) in [6.45, 7) is 4.89. The number of rotatable bonds is 5. The molecule has 0 aliphatic carbocycles. The van der Waals surface area contributed by atoms with Crippen LogP contribution in [0.1, 0.15) is 33.1 Å². The molecule has 1 atom stereocenters. The van der Waals surface area contributed by atoms with Gasteiger partial charge in [-0.15, -0.1) is 0 Å². The van der Waals surface area contributed by atoms with Crippen LogP contribution in [-0.4, -0.2) is 55.4 Å². The maximum atomic E-state index is 12.4. The van der Waals surface area contributed by atoms with E-state index < -0.39 is 24.2 Å². The van der Waals surface area contributed by atoms with Gasteiger partial charge in [-0.25, -0.2) is 0 Å². The molecule has 7 heteroatoms. The quantitative estimate of drug-likeness (QED) is 0.787. The monoisotopic (exact) mass is 296 g/mol. The second-order valence-corrected chi connectivity index (χ2v) is 5.06. The third-order valence-corrected chi connectivity index (χ3v) is 3.67. The van der Waals surface area contributed by atoms with Crippen molar-refractivity contribution in [1.82, 2.24) is 10.2 Å². The largest absolute Gasteiger partial charge is 0.465 e. The van der Waals surface area contributed by atoms with Gasteiger partial charge in [0.25, 0.3) is 0 Å². The summed E-state index contributed by atoms with van der Waals surface area (Å²) >= 11 is 0. The molecule has 1 aliphatic rings. The molecule has 4 nitrogen and oxygen atoms in total. The molecular formula is C13H23F3N2O2. The van der Waals surface area contributed by atoms with Gasteiger partial charge in [0.2, 0.25) is 0 Å². The van der Waals surface area contributed by atoms with Gasteiger partial charge in [0.15, 0.2) is 0 Å². The minimum atomic E-state index is -4.34. The molecule has 0 aromatic heterocycles. The fourth-order valence-electron chi connectivity index (χ4n) is 2.50. The standard InChI is InChI=1S/C13H23F3N2O2/c1-3-18-8-5-6-12(7-9-18,11(19)20-4-2)17-10-13(14,15)16/h17H,3-10H2,1-2H3. The number of carbonyl (C=O) groups excluding carboxylic acids is 1. The maximum absolute atomic E-state index is 12.4. The third kappa shape index (κ3) is 4.94. The van der Waals surface area contributed by atoms with Crippen LogP contribution in [0.4, 0.5) is 13.2 Å². The van der Waals surface area contributed by atoms with Crippen LogP contribution >= 0.6 is 0 Å². The van der Waals surface area contributed by atoms with Crippen molar-refractivity contribution in [3.05, 3.63) is 0 Å². The van der Waals surface area contributed by atoms with Crippen LogP contribution in [0.2, 0.25) is 0 Å². The summed E-state index contributed by atoms with van der Waals surface area (Å²) in [5, 5.41) is 2.42. The highest BCUT2D eigenvalue weighted by Gasteiger charge is 2.43. The molecule has 1 heterocycles. The minimum Gasteiger partial charge on any atom is -0.465 e. The van der Waals surface area contributed by atoms with E-state index in [9.17, 15) is 18.0 Å². The van der Waals surface area contributed by atoms with Crippen molar-refractivity contribution in [3.8, 4) is 0 Å². The minimum absolute atomic E-state index is 0.172. The number of nitrogens with zero attached hydrogens (tertiary/aromatic N) is 1. The number of esters is 1. The first-order chi connectivity index (χ1) is 9.33. The van der Waals surface area contributed by atoms with E-state index >= 15 is 0 Å². The topological polar surface area (TPSA) is 41.6 Å². The predicted octanol–water partition coefficient (Wildman–Crippen LogP) is 1.95. The van der Waals surface area contributed by atoms with Crippen molar-refractivity contribution in [1.29, 1.82) is 0 Å². The highest BCUT2D eigenvalue weighted by molar-refractivity contribution is 5.81. The van der Waals surface area contributed by atoms with Crippen molar-refractivity contribution < 1.29 is 22.7 Å². The molecule has 0 amide bonds. The molecule has 1 unspecified atom stereocenters. The number of hydrogen-bond donors (Lipinski definition) is 1. The summed E-state index contributed by atoms with van der Waals surface area (Å²) in [5.74, 6) is -0.567. The van der Waals surface area contributed by atoms with Gasteiger partial charge in [0, 0.05) is 6.54 Å².